The quantitative estimate of drug-likeness (QED) is 0.724. The molecule has 2 aromatic heterocycles. The lowest BCUT2D eigenvalue weighted by atomic mass is 9.76. The minimum Gasteiger partial charge on any atom is -0.480 e. The third-order valence-electron chi connectivity index (χ3n) is 4.90. The highest BCUT2D eigenvalue weighted by Gasteiger charge is 2.41. The molecule has 2 amide bonds. The average Bonchev–Trinajstić information content (AvgIpc) is 3.18. The predicted molar refractivity (Wildman–Crippen MR) is 109 cm³/mol. The van der Waals surface area contributed by atoms with E-state index >= 15 is 0 Å². The second-order valence-electron chi connectivity index (χ2n) is 6.59. The molecule has 0 saturated carbocycles. The lowest BCUT2D eigenvalue weighted by Crippen LogP contribution is -2.56. The number of hydrogen-bond acceptors (Lipinski definition) is 6. The van der Waals surface area contributed by atoms with Crippen molar-refractivity contribution >= 4 is 23.4 Å². The summed E-state index contributed by atoms with van der Waals surface area (Å²) in [6, 6.07) is 6.69. The minimum atomic E-state index is -1.11. The third kappa shape index (κ3) is 3.77. The molecule has 2 aromatic rings. The summed E-state index contributed by atoms with van der Waals surface area (Å²) in [4.78, 5) is 29.6. The number of nitriles is 1. The number of rotatable bonds is 6. The average molecular weight is 427 g/mol. The van der Waals surface area contributed by atoms with Crippen molar-refractivity contribution in [2.24, 2.45) is 11.7 Å². The largest absolute Gasteiger partial charge is 0.480 e. The highest BCUT2D eigenvalue weighted by Crippen LogP contribution is 2.31. The topological polar surface area (TPSA) is 136 Å². The number of nitrogens with two attached hydrogens (primary N) is 1. The van der Waals surface area contributed by atoms with Crippen LogP contribution in [0.25, 0.3) is 5.82 Å². The second kappa shape index (κ2) is 8.39. The molecule has 0 spiro atoms. The fourth-order valence-electron chi connectivity index (χ4n) is 3.27. The Kier molecular flexibility index (Phi) is 5.89. The standard InChI is InChI=1S/C20H19ClN6O3/c1-3-20(7-6-12(11-22)9-13(20)17(23)28)25-19(29)15-10-16(30-2)26-27(15)18-14(21)5-4-8-24-18/h4-10,13H,3H2,1-2H3,(H2,23,28)(H,25,29). The van der Waals surface area contributed by atoms with E-state index in [2.05, 4.69) is 15.4 Å². The minimum absolute atomic E-state index is 0.104. The monoisotopic (exact) mass is 426 g/mol. The van der Waals surface area contributed by atoms with Gasteiger partial charge in [0.15, 0.2) is 5.82 Å². The van der Waals surface area contributed by atoms with Crippen molar-refractivity contribution in [1.29, 1.82) is 5.26 Å². The number of aromatic nitrogens is 3. The van der Waals surface area contributed by atoms with Gasteiger partial charge in [-0.3, -0.25) is 9.59 Å². The third-order valence-corrected chi connectivity index (χ3v) is 5.19. The van der Waals surface area contributed by atoms with Gasteiger partial charge in [-0.1, -0.05) is 30.7 Å². The van der Waals surface area contributed by atoms with E-state index in [0.29, 0.717) is 12.0 Å². The number of nitrogens with one attached hydrogen (secondary N) is 1. The number of amides is 2. The molecule has 0 aromatic carbocycles. The number of nitrogens with zero attached hydrogens (tertiary/aromatic N) is 4. The molecule has 154 valence electrons. The summed E-state index contributed by atoms with van der Waals surface area (Å²) in [6.07, 6.45) is 6.50. The Morgan fingerprint density at radius 3 is 2.87 bits per heavy atom. The van der Waals surface area contributed by atoms with Crippen LogP contribution in [0.2, 0.25) is 5.02 Å². The van der Waals surface area contributed by atoms with E-state index in [4.69, 9.17) is 27.3 Å². The van der Waals surface area contributed by atoms with Crippen LogP contribution in [0, 0.1) is 17.2 Å². The van der Waals surface area contributed by atoms with Crippen LogP contribution in [-0.2, 0) is 4.79 Å². The summed E-state index contributed by atoms with van der Waals surface area (Å²) in [7, 11) is 1.42. The number of carbonyl (C=O) groups excluding carboxylic acids is 2. The number of carbonyl (C=O) groups is 2. The van der Waals surface area contributed by atoms with Gasteiger partial charge in [-0.05, 0) is 24.6 Å². The van der Waals surface area contributed by atoms with Gasteiger partial charge in [0, 0.05) is 17.8 Å². The summed E-state index contributed by atoms with van der Waals surface area (Å²) in [5.74, 6) is -1.67. The number of methoxy groups -OCH3 is 1. The zero-order chi connectivity index (χ0) is 21.9. The molecular formula is C20H19ClN6O3. The molecule has 3 N–H and O–H groups in total. The maximum Gasteiger partial charge on any atom is 0.270 e. The van der Waals surface area contributed by atoms with Crippen molar-refractivity contribution in [3.8, 4) is 17.8 Å². The number of allylic oxidation sites excluding steroid dienone is 2. The Hall–Kier alpha value is -3.64. The smallest absolute Gasteiger partial charge is 0.270 e. The second-order valence-corrected chi connectivity index (χ2v) is 7.00. The molecule has 2 atom stereocenters. The molecule has 0 radical (unpaired) electrons. The van der Waals surface area contributed by atoms with E-state index in [1.165, 1.54) is 30.1 Å². The molecule has 9 nitrogen and oxygen atoms in total. The lowest BCUT2D eigenvalue weighted by Gasteiger charge is -2.37. The Bertz CT molecular complexity index is 1100. The van der Waals surface area contributed by atoms with E-state index in [-0.39, 0.29) is 22.4 Å². The van der Waals surface area contributed by atoms with Crippen LogP contribution < -0.4 is 15.8 Å². The summed E-state index contributed by atoms with van der Waals surface area (Å²) in [6.45, 7) is 1.80. The van der Waals surface area contributed by atoms with Gasteiger partial charge in [-0.25, -0.2) is 9.67 Å². The van der Waals surface area contributed by atoms with Gasteiger partial charge >= 0.3 is 0 Å². The molecule has 3 rings (SSSR count). The van der Waals surface area contributed by atoms with Gasteiger partial charge in [0.25, 0.3) is 5.91 Å². The molecule has 1 aliphatic rings. The summed E-state index contributed by atoms with van der Waals surface area (Å²) in [5.41, 5.74) is 4.86. The number of ether oxygens (including phenoxy) is 1. The zero-order valence-electron chi connectivity index (χ0n) is 16.3. The first-order valence-corrected chi connectivity index (χ1v) is 9.41. The molecule has 2 heterocycles. The van der Waals surface area contributed by atoms with Crippen LogP contribution in [0.1, 0.15) is 23.8 Å². The van der Waals surface area contributed by atoms with Crippen LogP contribution in [0.4, 0.5) is 0 Å². The van der Waals surface area contributed by atoms with Crippen molar-refractivity contribution in [3.63, 3.8) is 0 Å². The van der Waals surface area contributed by atoms with Gasteiger partial charge in [0.1, 0.15) is 5.69 Å². The lowest BCUT2D eigenvalue weighted by molar-refractivity contribution is -0.122. The molecule has 0 bridgehead atoms. The number of pyridine rings is 1. The predicted octanol–water partition coefficient (Wildman–Crippen LogP) is 1.93. The summed E-state index contributed by atoms with van der Waals surface area (Å²) in [5, 5.41) is 16.5. The Balaban J connectivity index is 2.03. The van der Waals surface area contributed by atoms with Gasteiger partial charge in [-0.2, -0.15) is 5.26 Å². The Morgan fingerprint density at radius 2 is 2.27 bits per heavy atom. The van der Waals surface area contributed by atoms with Gasteiger partial charge in [0.05, 0.1) is 29.7 Å². The first-order chi connectivity index (χ1) is 14.3. The van der Waals surface area contributed by atoms with E-state index in [1.54, 1.807) is 31.2 Å². The zero-order valence-corrected chi connectivity index (χ0v) is 17.1. The van der Waals surface area contributed by atoms with Crippen molar-refractivity contribution in [1.82, 2.24) is 20.1 Å². The molecule has 0 saturated heterocycles. The van der Waals surface area contributed by atoms with Gasteiger partial charge in [-0.15, -0.1) is 5.10 Å². The van der Waals surface area contributed by atoms with Crippen LogP contribution in [0.15, 0.2) is 48.2 Å². The molecule has 1 aliphatic carbocycles. The van der Waals surface area contributed by atoms with E-state index < -0.39 is 23.3 Å². The van der Waals surface area contributed by atoms with Crippen LogP contribution in [-0.4, -0.2) is 39.2 Å². The Morgan fingerprint density at radius 1 is 1.50 bits per heavy atom. The highest BCUT2D eigenvalue weighted by molar-refractivity contribution is 6.32. The first-order valence-electron chi connectivity index (χ1n) is 9.03. The molecule has 0 aliphatic heterocycles. The fraction of sp³-hybridized carbons (Fsp3) is 0.250. The van der Waals surface area contributed by atoms with Crippen molar-refractivity contribution in [2.45, 2.75) is 18.9 Å². The van der Waals surface area contributed by atoms with E-state index in [9.17, 15) is 9.59 Å². The van der Waals surface area contributed by atoms with E-state index in [1.807, 2.05) is 6.07 Å². The molecule has 2 unspecified atom stereocenters. The maximum atomic E-state index is 13.3. The highest BCUT2D eigenvalue weighted by atomic mass is 35.5. The molecule has 0 fully saturated rings. The number of hydrogen-bond donors (Lipinski definition) is 2. The fourth-order valence-corrected chi connectivity index (χ4v) is 3.47. The maximum absolute atomic E-state index is 13.3. The van der Waals surface area contributed by atoms with Gasteiger partial charge < -0.3 is 15.8 Å². The van der Waals surface area contributed by atoms with Crippen molar-refractivity contribution in [3.05, 3.63) is 58.9 Å². The van der Waals surface area contributed by atoms with Crippen LogP contribution in [0.5, 0.6) is 5.88 Å². The van der Waals surface area contributed by atoms with Crippen molar-refractivity contribution < 1.29 is 14.3 Å². The number of primary amides is 1. The van der Waals surface area contributed by atoms with Crippen molar-refractivity contribution in [2.75, 3.05) is 7.11 Å². The summed E-state index contributed by atoms with van der Waals surface area (Å²) < 4.78 is 6.43. The molecular weight excluding hydrogens is 408 g/mol. The SMILES string of the molecule is CCC1(NC(=O)c2cc(OC)nn2-c2ncccc2Cl)C=CC(C#N)=CC1C(N)=O. The normalized spacial score (nSPS) is 20.2. The van der Waals surface area contributed by atoms with Crippen LogP contribution in [0.3, 0.4) is 0 Å². The summed E-state index contributed by atoms with van der Waals surface area (Å²) >= 11 is 6.22. The number of halogens is 1. The molecule has 30 heavy (non-hydrogen) atoms. The van der Waals surface area contributed by atoms with Gasteiger partial charge in [0.2, 0.25) is 11.8 Å². The van der Waals surface area contributed by atoms with E-state index in [0.717, 1.165) is 0 Å². The van der Waals surface area contributed by atoms with Crippen LogP contribution >= 0.6 is 11.6 Å². The first kappa shape index (κ1) is 21.1. The molecule has 10 heteroatoms. The Labute approximate surface area is 177 Å².